The van der Waals surface area contributed by atoms with Crippen LogP contribution >= 0.6 is 0 Å². The van der Waals surface area contributed by atoms with Crippen molar-refractivity contribution in [2.75, 3.05) is 6.54 Å². The lowest BCUT2D eigenvalue weighted by Gasteiger charge is -2.35. The summed E-state index contributed by atoms with van der Waals surface area (Å²) < 4.78 is 0. The van der Waals surface area contributed by atoms with Crippen molar-refractivity contribution >= 4 is 0 Å². The number of nitrogens with one attached hydrogen (secondary N) is 1. The standard InChI is InChI=1S/C14H27N/c1-2-12-7-3-4-8-13(12)11-14-9-5-6-10-15-14/h12-15H,2-11H2,1H3. The zero-order valence-corrected chi connectivity index (χ0v) is 10.3. The Labute approximate surface area is 95.0 Å². The molecule has 1 nitrogen and oxygen atoms in total. The fourth-order valence-electron chi connectivity index (χ4n) is 3.62. The molecule has 1 N–H and O–H groups in total. The number of hydrogen-bond donors (Lipinski definition) is 1. The predicted octanol–water partition coefficient (Wildman–Crippen LogP) is 3.74. The number of rotatable bonds is 3. The van der Waals surface area contributed by atoms with Gasteiger partial charge in [0, 0.05) is 6.04 Å². The van der Waals surface area contributed by atoms with Crippen molar-refractivity contribution in [3.63, 3.8) is 0 Å². The Kier molecular flexibility index (Phi) is 4.49. The van der Waals surface area contributed by atoms with E-state index >= 15 is 0 Å². The van der Waals surface area contributed by atoms with E-state index in [9.17, 15) is 0 Å². The van der Waals surface area contributed by atoms with Gasteiger partial charge in [-0.15, -0.1) is 0 Å². The Balaban J connectivity index is 1.79. The van der Waals surface area contributed by atoms with Gasteiger partial charge in [0.15, 0.2) is 0 Å². The van der Waals surface area contributed by atoms with Gasteiger partial charge in [0.2, 0.25) is 0 Å². The van der Waals surface area contributed by atoms with Crippen molar-refractivity contribution in [1.29, 1.82) is 0 Å². The van der Waals surface area contributed by atoms with Gasteiger partial charge in [0.05, 0.1) is 0 Å². The van der Waals surface area contributed by atoms with Crippen molar-refractivity contribution in [3.05, 3.63) is 0 Å². The molecule has 1 aliphatic heterocycles. The van der Waals surface area contributed by atoms with Crippen molar-refractivity contribution in [3.8, 4) is 0 Å². The topological polar surface area (TPSA) is 12.0 Å². The summed E-state index contributed by atoms with van der Waals surface area (Å²) in [7, 11) is 0. The maximum Gasteiger partial charge on any atom is 0.00698 e. The predicted molar refractivity (Wildman–Crippen MR) is 66.0 cm³/mol. The van der Waals surface area contributed by atoms with Crippen LogP contribution in [0.15, 0.2) is 0 Å². The highest BCUT2D eigenvalue weighted by atomic mass is 14.9. The van der Waals surface area contributed by atoms with Crippen LogP contribution in [-0.4, -0.2) is 12.6 Å². The van der Waals surface area contributed by atoms with Gasteiger partial charge in [0.1, 0.15) is 0 Å². The molecular weight excluding hydrogens is 182 g/mol. The van der Waals surface area contributed by atoms with Gasteiger partial charge in [0.25, 0.3) is 0 Å². The zero-order chi connectivity index (χ0) is 10.5. The van der Waals surface area contributed by atoms with Crippen LogP contribution in [0, 0.1) is 11.8 Å². The van der Waals surface area contributed by atoms with Gasteiger partial charge in [-0.05, 0) is 37.6 Å². The van der Waals surface area contributed by atoms with Gasteiger partial charge in [-0.3, -0.25) is 0 Å². The van der Waals surface area contributed by atoms with Crippen LogP contribution in [0.1, 0.15) is 64.7 Å². The first-order chi connectivity index (χ1) is 7.40. The van der Waals surface area contributed by atoms with Gasteiger partial charge in [-0.2, -0.15) is 0 Å². The molecule has 1 heteroatoms. The first-order valence-corrected chi connectivity index (χ1v) is 7.13. The Morgan fingerprint density at radius 3 is 2.33 bits per heavy atom. The van der Waals surface area contributed by atoms with E-state index in [1.165, 1.54) is 64.3 Å². The van der Waals surface area contributed by atoms with Crippen molar-refractivity contribution in [2.45, 2.75) is 70.8 Å². The largest absolute Gasteiger partial charge is 0.314 e. The molecule has 0 amide bonds. The van der Waals surface area contributed by atoms with Crippen molar-refractivity contribution < 1.29 is 0 Å². The van der Waals surface area contributed by atoms with Crippen LogP contribution < -0.4 is 5.32 Å². The summed E-state index contributed by atoms with van der Waals surface area (Å²) in [6.07, 6.45) is 13.2. The van der Waals surface area contributed by atoms with E-state index in [1.807, 2.05) is 0 Å². The minimum absolute atomic E-state index is 0.857. The van der Waals surface area contributed by atoms with E-state index in [0.717, 1.165) is 17.9 Å². The summed E-state index contributed by atoms with van der Waals surface area (Å²) in [5.41, 5.74) is 0. The van der Waals surface area contributed by atoms with Crippen LogP contribution in [-0.2, 0) is 0 Å². The fourth-order valence-corrected chi connectivity index (χ4v) is 3.62. The van der Waals surface area contributed by atoms with E-state index in [-0.39, 0.29) is 0 Å². The molecule has 1 saturated carbocycles. The smallest absolute Gasteiger partial charge is 0.00698 e. The average molecular weight is 209 g/mol. The fraction of sp³-hybridized carbons (Fsp3) is 1.00. The summed E-state index contributed by atoms with van der Waals surface area (Å²) in [4.78, 5) is 0. The maximum atomic E-state index is 3.71. The molecular formula is C14H27N. The number of piperidine rings is 1. The lowest BCUT2D eigenvalue weighted by molar-refractivity contribution is 0.189. The first-order valence-electron chi connectivity index (χ1n) is 7.13. The SMILES string of the molecule is CCC1CCCCC1CC1CCCCN1. The van der Waals surface area contributed by atoms with Crippen molar-refractivity contribution in [2.24, 2.45) is 11.8 Å². The van der Waals surface area contributed by atoms with Crippen LogP contribution in [0.3, 0.4) is 0 Å². The molecule has 0 radical (unpaired) electrons. The van der Waals surface area contributed by atoms with Gasteiger partial charge >= 0.3 is 0 Å². The monoisotopic (exact) mass is 209 g/mol. The highest BCUT2D eigenvalue weighted by Gasteiger charge is 2.26. The van der Waals surface area contributed by atoms with Gasteiger partial charge in [-0.1, -0.05) is 45.4 Å². The Bertz CT molecular complexity index is 172. The third-order valence-corrected chi connectivity index (χ3v) is 4.59. The molecule has 2 aliphatic rings. The Hall–Kier alpha value is -0.0400. The van der Waals surface area contributed by atoms with E-state index in [0.29, 0.717) is 0 Å². The second kappa shape index (κ2) is 5.89. The third kappa shape index (κ3) is 3.21. The van der Waals surface area contributed by atoms with Crippen molar-refractivity contribution in [1.82, 2.24) is 5.32 Å². The summed E-state index contributed by atoms with van der Waals surface area (Å²) in [6.45, 7) is 3.66. The van der Waals surface area contributed by atoms with E-state index in [1.54, 1.807) is 0 Å². The zero-order valence-electron chi connectivity index (χ0n) is 10.3. The normalized spacial score (nSPS) is 37.8. The van der Waals surface area contributed by atoms with Gasteiger partial charge < -0.3 is 5.32 Å². The maximum absolute atomic E-state index is 3.71. The minimum atomic E-state index is 0.857. The summed E-state index contributed by atoms with van der Waals surface area (Å²) in [5.74, 6) is 2.09. The Morgan fingerprint density at radius 2 is 1.67 bits per heavy atom. The summed E-state index contributed by atoms with van der Waals surface area (Å²) >= 11 is 0. The highest BCUT2D eigenvalue weighted by molar-refractivity contribution is 4.81. The van der Waals surface area contributed by atoms with Crippen LogP contribution in [0.5, 0.6) is 0 Å². The summed E-state index contributed by atoms with van der Waals surface area (Å²) in [6, 6.07) is 0.857. The van der Waals surface area contributed by atoms with E-state index in [4.69, 9.17) is 0 Å². The average Bonchev–Trinajstić information content (AvgIpc) is 2.31. The lowest BCUT2D eigenvalue weighted by atomic mass is 9.74. The van der Waals surface area contributed by atoms with E-state index in [2.05, 4.69) is 12.2 Å². The molecule has 3 unspecified atom stereocenters. The molecule has 2 fully saturated rings. The second-order valence-corrected chi connectivity index (χ2v) is 5.60. The molecule has 2 rings (SSSR count). The molecule has 1 aliphatic carbocycles. The molecule has 1 saturated heterocycles. The second-order valence-electron chi connectivity index (χ2n) is 5.60. The minimum Gasteiger partial charge on any atom is -0.314 e. The Morgan fingerprint density at radius 1 is 0.933 bits per heavy atom. The molecule has 0 aromatic rings. The molecule has 0 bridgehead atoms. The highest BCUT2D eigenvalue weighted by Crippen LogP contribution is 2.35. The molecule has 0 aromatic carbocycles. The molecule has 0 spiro atoms. The van der Waals surface area contributed by atoms with Crippen LogP contribution in [0.25, 0.3) is 0 Å². The first kappa shape index (κ1) is 11.4. The molecule has 15 heavy (non-hydrogen) atoms. The van der Waals surface area contributed by atoms with E-state index < -0.39 is 0 Å². The number of hydrogen-bond acceptors (Lipinski definition) is 1. The quantitative estimate of drug-likeness (QED) is 0.746. The molecule has 1 heterocycles. The van der Waals surface area contributed by atoms with Crippen LogP contribution in [0.2, 0.25) is 0 Å². The lowest BCUT2D eigenvalue weighted by Crippen LogP contribution is -2.37. The van der Waals surface area contributed by atoms with Crippen LogP contribution in [0.4, 0.5) is 0 Å². The van der Waals surface area contributed by atoms with Gasteiger partial charge in [-0.25, -0.2) is 0 Å². The molecule has 88 valence electrons. The summed E-state index contributed by atoms with van der Waals surface area (Å²) in [5, 5.41) is 3.71. The third-order valence-electron chi connectivity index (χ3n) is 4.59. The molecule has 3 atom stereocenters. The molecule has 0 aromatic heterocycles.